The Morgan fingerprint density at radius 3 is 2.90 bits per heavy atom. The Hall–Kier alpha value is -1.98. The third-order valence-corrected chi connectivity index (χ3v) is 3.17. The highest BCUT2D eigenvalue weighted by atomic mass is 35.5. The van der Waals surface area contributed by atoms with Gasteiger partial charge in [-0.25, -0.2) is 0 Å². The Labute approximate surface area is 127 Å². The molecule has 0 saturated heterocycles. The summed E-state index contributed by atoms with van der Waals surface area (Å²) in [5.41, 5.74) is 5.27. The first-order chi connectivity index (χ1) is 9.66. The van der Waals surface area contributed by atoms with Crippen molar-refractivity contribution in [1.82, 2.24) is 10.4 Å². The van der Waals surface area contributed by atoms with Crippen LogP contribution in [0.25, 0.3) is 0 Å². The summed E-state index contributed by atoms with van der Waals surface area (Å²) < 4.78 is 0. The number of nitrogens with one attached hydrogen (secondary N) is 2. The first-order valence-electron chi connectivity index (χ1n) is 5.93. The van der Waals surface area contributed by atoms with Gasteiger partial charge in [-0.3, -0.25) is 10.4 Å². The van der Waals surface area contributed by atoms with Crippen molar-refractivity contribution in [2.45, 2.75) is 6.92 Å². The molecule has 0 saturated carbocycles. The molecule has 2 N–H and O–H groups in total. The summed E-state index contributed by atoms with van der Waals surface area (Å²) in [6.45, 7) is 1.92. The van der Waals surface area contributed by atoms with Gasteiger partial charge >= 0.3 is 0 Å². The monoisotopic (exact) mass is 304 g/mol. The van der Waals surface area contributed by atoms with Crippen LogP contribution in [0.3, 0.4) is 0 Å². The van der Waals surface area contributed by atoms with E-state index in [0.29, 0.717) is 10.1 Å². The van der Waals surface area contributed by atoms with Crippen LogP contribution in [0.1, 0.15) is 11.3 Å². The van der Waals surface area contributed by atoms with Gasteiger partial charge in [-0.1, -0.05) is 23.7 Å². The van der Waals surface area contributed by atoms with Crippen LogP contribution in [-0.2, 0) is 0 Å². The number of rotatable bonds is 3. The van der Waals surface area contributed by atoms with Crippen LogP contribution in [0, 0.1) is 6.92 Å². The Kier molecular flexibility index (Phi) is 5.03. The Bertz CT molecular complexity index is 628. The van der Waals surface area contributed by atoms with Crippen LogP contribution in [0.4, 0.5) is 5.69 Å². The maximum Gasteiger partial charge on any atom is 0.191 e. The van der Waals surface area contributed by atoms with Crippen molar-refractivity contribution in [3.8, 4) is 0 Å². The zero-order chi connectivity index (χ0) is 14.4. The fraction of sp³-hybridized carbons (Fsp3) is 0.0714. The number of halogens is 1. The zero-order valence-corrected chi connectivity index (χ0v) is 12.4. The molecule has 0 fully saturated rings. The summed E-state index contributed by atoms with van der Waals surface area (Å²) in [5.74, 6) is 0. The van der Waals surface area contributed by atoms with Crippen molar-refractivity contribution in [1.29, 1.82) is 0 Å². The molecule has 1 aromatic carbocycles. The van der Waals surface area contributed by atoms with Crippen LogP contribution in [0.5, 0.6) is 0 Å². The predicted molar refractivity (Wildman–Crippen MR) is 87.4 cm³/mol. The highest BCUT2D eigenvalue weighted by Crippen LogP contribution is 2.22. The number of pyridine rings is 1. The lowest BCUT2D eigenvalue weighted by atomic mass is 10.2. The molecule has 0 amide bonds. The standard InChI is InChI=1S/C14H13ClN4S/c1-10-12(15)6-4-7-13(10)18-14(20)19-17-9-11-5-2-3-8-16-11/h2-9H,1H3,(H2,18,19,20). The second-order valence-corrected chi connectivity index (χ2v) is 4.81. The fourth-order valence-electron chi connectivity index (χ4n) is 1.50. The predicted octanol–water partition coefficient (Wildman–Crippen LogP) is 3.36. The lowest BCUT2D eigenvalue weighted by Crippen LogP contribution is -2.24. The van der Waals surface area contributed by atoms with Gasteiger partial charge in [0.05, 0.1) is 11.9 Å². The third kappa shape index (κ3) is 4.01. The number of benzene rings is 1. The van der Waals surface area contributed by atoms with E-state index in [2.05, 4.69) is 20.8 Å². The molecule has 1 heterocycles. The summed E-state index contributed by atoms with van der Waals surface area (Å²) >= 11 is 11.2. The average molecular weight is 305 g/mol. The lowest BCUT2D eigenvalue weighted by molar-refractivity contribution is 1.05. The van der Waals surface area contributed by atoms with Gasteiger partial charge in [-0.2, -0.15) is 5.10 Å². The van der Waals surface area contributed by atoms with Crippen LogP contribution in [-0.4, -0.2) is 16.3 Å². The van der Waals surface area contributed by atoms with Gasteiger partial charge in [0, 0.05) is 16.9 Å². The van der Waals surface area contributed by atoms with Crippen molar-refractivity contribution in [2.24, 2.45) is 5.10 Å². The smallest absolute Gasteiger partial charge is 0.191 e. The molecular formula is C14H13ClN4S. The van der Waals surface area contributed by atoms with E-state index in [4.69, 9.17) is 23.8 Å². The summed E-state index contributed by atoms with van der Waals surface area (Å²) in [4.78, 5) is 4.11. The van der Waals surface area contributed by atoms with Gasteiger partial charge in [0.15, 0.2) is 5.11 Å². The maximum atomic E-state index is 6.04. The van der Waals surface area contributed by atoms with Crippen LogP contribution >= 0.6 is 23.8 Å². The lowest BCUT2D eigenvalue weighted by Gasteiger charge is -2.10. The van der Waals surface area contributed by atoms with Gasteiger partial charge in [-0.15, -0.1) is 0 Å². The van der Waals surface area contributed by atoms with Gasteiger partial charge in [0.25, 0.3) is 0 Å². The average Bonchev–Trinajstić information content (AvgIpc) is 2.45. The van der Waals surface area contributed by atoms with E-state index in [-0.39, 0.29) is 0 Å². The van der Waals surface area contributed by atoms with Gasteiger partial charge in [0.2, 0.25) is 0 Å². The van der Waals surface area contributed by atoms with Crippen molar-refractivity contribution in [3.63, 3.8) is 0 Å². The minimum atomic E-state index is 0.391. The molecule has 102 valence electrons. The molecule has 0 aliphatic rings. The second-order valence-electron chi connectivity index (χ2n) is 3.99. The van der Waals surface area contributed by atoms with E-state index in [9.17, 15) is 0 Å². The van der Waals surface area contributed by atoms with Crippen LogP contribution in [0.15, 0.2) is 47.7 Å². The quantitative estimate of drug-likeness (QED) is 0.518. The number of anilines is 1. The summed E-state index contributed by atoms with van der Waals surface area (Å²) in [7, 11) is 0. The van der Waals surface area contributed by atoms with Crippen molar-refractivity contribution < 1.29 is 0 Å². The molecule has 2 aromatic rings. The highest BCUT2D eigenvalue weighted by Gasteiger charge is 2.03. The molecule has 20 heavy (non-hydrogen) atoms. The number of hydrogen-bond donors (Lipinski definition) is 2. The van der Waals surface area contributed by atoms with E-state index in [1.165, 1.54) is 0 Å². The summed E-state index contributed by atoms with van der Waals surface area (Å²) in [6.07, 6.45) is 3.30. The molecule has 2 rings (SSSR count). The van der Waals surface area contributed by atoms with Crippen molar-refractivity contribution in [3.05, 3.63) is 58.9 Å². The summed E-state index contributed by atoms with van der Waals surface area (Å²) in [6, 6.07) is 11.2. The Morgan fingerprint density at radius 2 is 2.15 bits per heavy atom. The van der Waals surface area contributed by atoms with E-state index in [1.807, 2.05) is 43.3 Å². The number of hydrogen-bond acceptors (Lipinski definition) is 3. The van der Waals surface area contributed by atoms with E-state index < -0.39 is 0 Å². The highest BCUT2D eigenvalue weighted by molar-refractivity contribution is 7.80. The molecule has 6 heteroatoms. The Morgan fingerprint density at radius 1 is 1.30 bits per heavy atom. The second kappa shape index (κ2) is 6.98. The van der Waals surface area contributed by atoms with E-state index in [1.54, 1.807) is 12.4 Å². The molecule has 0 radical (unpaired) electrons. The number of thiocarbonyl (C=S) groups is 1. The number of aromatic nitrogens is 1. The van der Waals surface area contributed by atoms with Gasteiger partial charge in [-0.05, 0) is 49.0 Å². The molecule has 0 aliphatic carbocycles. The van der Waals surface area contributed by atoms with E-state index >= 15 is 0 Å². The van der Waals surface area contributed by atoms with Crippen molar-refractivity contribution >= 4 is 40.8 Å². The molecule has 0 unspecified atom stereocenters. The van der Waals surface area contributed by atoms with Gasteiger partial charge < -0.3 is 5.32 Å². The fourth-order valence-corrected chi connectivity index (χ4v) is 1.84. The molecular weight excluding hydrogens is 292 g/mol. The Balaban J connectivity index is 1.93. The SMILES string of the molecule is Cc1c(Cl)cccc1NC(=S)NN=Cc1ccccn1. The normalized spacial score (nSPS) is 10.5. The first-order valence-corrected chi connectivity index (χ1v) is 6.71. The molecule has 0 atom stereocenters. The number of hydrazone groups is 1. The molecule has 4 nitrogen and oxygen atoms in total. The molecule has 0 spiro atoms. The van der Waals surface area contributed by atoms with Gasteiger partial charge in [0.1, 0.15) is 0 Å². The first kappa shape index (κ1) is 14.4. The minimum Gasteiger partial charge on any atom is -0.331 e. The largest absolute Gasteiger partial charge is 0.331 e. The maximum absolute atomic E-state index is 6.04. The topological polar surface area (TPSA) is 49.3 Å². The molecule has 1 aromatic heterocycles. The van der Waals surface area contributed by atoms with Crippen molar-refractivity contribution in [2.75, 3.05) is 5.32 Å². The number of nitrogens with zero attached hydrogens (tertiary/aromatic N) is 2. The van der Waals surface area contributed by atoms with Crippen LogP contribution < -0.4 is 10.7 Å². The molecule has 0 aliphatic heterocycles. The summed E-state index contributed by atoms with van der Waals surface area (Å²) in [5, 5.41) is 8.14. The third-order valence-electron chi connectivity index (χ3n) is 2.57. The molecule has 0 bridgehead atoms. The van der Waals surface area contributed by atoms with E-state index in [0.717, 1.165) is 16.9 Å². The minimum absolute atomic E-state index is 0.391. The zero-order valence-electron chi connectivity index (χ0n) is 10.8. The van der Waals surface area contributed by atoms with Crippen LogP contribution in [0.2, 0.25) is 5.02 Å².